The summed E-state index contributed by atoms with van der Waals surface area (Å²) in [6.07, 6.45) is 1.05. The Morgan fingerprint density at radius 2 is 1.96 bits per heavy atom. The highest BCUT2D eigenvalue weighted by molar-refractivity contribution is 6.31. The molecule has 0 radical (unpaired) electrons. The second kappa shape index (κ2) is 6.22. The van der Waals surface area contributed by atoms with Crippen molar-refractivity contribution >= 4 is 23.1 Å². The molecule has 0 N–H and O–H groups in total. The van der Waals surface area contributed by atoms with Crippen LogP contribution in [0, 0.1) is 11.3 Å². The van der Waals surface area contributed by atoms with Gasteiger partial charge in [-0.05, 0) is 50.1 Å². The van der Waals surface area contributed by atoms with Crippen LogP contribution in [0.1, 0.15) is 47.3 Å². The van der Waals surface area contributed by atoms with Crippen molar-refractivity contribution in [2.45, 2.75) is 32.2 Å². The van der Waals surface area contributed by atoms with Gasteiger partial charge in [-0.15, -0.1) is 0 Å². The zero-order valence-corrected chi connectivity index (χ0v) is 14.4. The highest BCUT2D eigenvalue weighted by Gasteiger charge is 2.28. The highest BCUT2D eigenvalue weighted by atomic mass is 35.5. The van der Waals surface area contributed by atoms with Crippen LogP contribution in [-0.4, -0.2) is 17.0 Å². The lowest BCUT2D eigenvalue weighted by Crippen LogP contribution is -2.30. The van der Waals surface area contributed by atoms with Crippen LogP contribution < -0.4 is 0 Å². The van der Waals surface area contributed by atoms with Crippen molar-refractivity contribution in [2.75, 3.05) is 0 Å². The molecular formula is C20H17ClN2O. The fourth-order valence-electron chi connectivity index (χ4n) is 3.02. The molecule has 3 nitrogen and oxygen atoms in total. The van der Waals surface area contributed by atoms with Gasteiger partial charge in [0.15, 0.2) is 5.78 Å². The van der Waals surface area contributed by atoms with Gasteiger partial charge >= 0.3 is 0 Å². The number of nitrogens with zero attached hydrogens (tertiary/aromatic N) is 2. The first-order valence-corrected chi connectivity index (χ1v) is 8.17. The third kappa shape index (κ3) is 3.39. The molecular weight excluding hydrogens is 320 g/mol. The topological polar surface area (TPSA) is 53.2 Å². The van der Waals surface area contributed by atoms with E-state index in [9.17, 15) is 4.79 Å². The number of halogens is 1. The molecule has 0 unspecified atom stereocenters. The normalized spacial score (nSPS) is 15.2. The van der Waals surface area contributed by atoms with Crippen LogP contribution in [-0.2, 0) is 6.42 Å². The van der Waals surface area contributed by atoms with Gasteiger partial charge in [-0.1, -0.05) is 29.8 Å². The number of hydrogen-bond acceptors (Lipinski definition) is 3. The number of rotatable bonds is 3. The minimum Gasteiger partial charge on any atom is -0.294 e. The molecule has 0 saturated carbocycles. The summed E-state index contributed by atoms with van der Waals surface area (Å²) in [6.45, 7) is 4.13. The van der Waals surface area contributed by atoms with Crippen LogP contribution in [0.4, 0.5) is 0 Å². The number of aliphatic imine (C=N–C) groups is 1. The maximum Gasteiger partial charge on any atom is 0.168 e. The van der Waals surface area contributed by atoms with Crippen molar-refractivity contribution in [3.05, 3.63) is 69.7 Å². The Balaban J connectivity index is 1.93. The standard InChI is InChI=1S/C20H17ClN2O/c1-20(2)11-15-7-8-16(21)9-17(15)18(23-20)10-19(24)14-5-3-13(12-22)4-6-14/h3-9H,10-11H2,1-2H3. The second-order valence-corrected chi connectivity index (χ2v) is 7.07. The number of hydrogen-bond donors (Lipinski definition) is 0. The van der Waals surface area contributed by atoms with Gasteiger partial charge in [-0.2, -0.15) is 5.26 Å². The summed E-state index contributed by atoms with van der Waals surface area (Å²) in [5.41, 5.74) is 3.80. The van der Waals surface area contributed by atoms with Crippen molar-refractivity contribution in [3.63, 3.8) is 0 Å². The maximum atomic E-state index is 12.6. The van der Waals surface area contributed by atoms with Gasteiger partial charge < -0.3 is 0 Å². The molecule has 0 aromatic heterocycles. The lowest BCUT2D eigenvalue weighted by molar-refractivity contribution is 0.100. The molecule has 0 saturated heterocycles. The van der Waals surface area contributed by atoms with E-state index >= 15 is 0 Å². The first-order valence-electron chi connectivity index (χ1n) is 7.79. The van der Waals surface area contributed by atoms with Crippen molar-refractivity contribution in [2.24, 2.45) is 4.99 Å². The average molecular weight is 337 g/mol. The molecule has 4 heteroatoms. The Morgan fingerprint density at radius 1 is 1.25 bits per heavy atom. The summed E-state index contributed by atoms with van der Waals surface area (Å²) in [4.78, 5) is 17.4. The molecule has 0 spiro atoms. The van der Waals surface area contributed by atoms with E-state index in [1.165, 1.54) is 5.56 Å². The van der Waals surface area contributed by atoms with E-state index in [-0.39, 0.29) is 17.7 Å². The molecule has 1 aliphatic rings. The van der Waals surface area contributed by atoms with Gasteiger partial charge in [0.2, 0.25) is 0 Å². The summed E-state index contributed by atoms with van der Waals surface area (Å²) in [7, 11) is 0. The highest BCUT2D eigenvalue weighted by Crippen LogP contribution is 2.30. The molecule has 24 heavy (non-hydrogen) atoms. The fraction of sp³-hybridized carbons (Fsp3) is 0.250. The van der Waals surface area contributed by atoms with E-state index < -0.39 is 0 Å². The first-order chi connectivity index (χ1) is 11.4. The molecule has 0 fully saturated rings. The summed E-state index contributed by atoms with van der Waals surface area (Å²) < 4.78 is 0. The van der Waals surface area contributed by atoms with Crippen LogP contribution in [0.15, 0.2) is 47.5 Å². The van der Waals surface area contributed by atoms with Crippen LogP contribution in [0.25, 0.3) is 0 Å². The summed E-state index contributed by atoms with van der Waals surface area (Å²) in [5.74, 6) is -0.0122. The van der Waals surface area contributed by atoms with Gasteiger partial charge in [0.05, 0.1) is 29.3 Å². The number of fused-ring (bicyclic) bond motifs is 1. The predicted molar refractivity (Wildman–Crippen MR) is 95.9 cm³/mol. The summed E-state index contributed by atoms with van der Waals surface area (Å²) in [6, 6.07) is 14.5. The van der Waals surface area contributed by atoms with Gasteiger partial charge in [0, 0.05) is 16.1 Å². The quantitative estimate of drug-likeness (QED) is 0.768. The number of carbonyl (C=O) groups excluding carboxylic acids is 1. The Hall–Kier alpha value is -2.44. The third-order valence-electron chi connectivity index (χ3n) is 4.11. The lowest BCUT2D eigenvalue weighted by atomic mass is 9.85. The lowest BCUT2D eigenvalue weighted by Gasteiger charge is -2.29. The van der Waals surface area contributed by atoms with Crippen molar-refractivity contribution in [3.8, 4) is 6.07 Å². The van der Waals surface area contributed by atoms with Gasteiger partial charge in [-0.25, -0.2) is 0 Å². The van der Waals surface area contributed by atoms with E-state index in [0.717, 1.165) is 17.7 Å². The molecule has 2 aromatic rings. The zero-order valence-electron chi connectivity index (χ0n) is 13.6. The van der Waals surface area contributed by atoms with Crippen LogP contribution in [0.5, 0.6) is 0 Å². The number of carbonyl (C=O) groups is 1. The van der Waals surface area contributed by atoms with E-state index in [2.05, 4.69) is 19.9 Å². The minimum absolute atomic E-state index is 0.0122. The van der Waals surface area contributed by atoms with Crippen molar-refractivity contribution in [1.82, 2.24) is 0 Å². The Kier molecular flexibility index (Phi) is 4.26. The summed E-state index contributed by atoms with van der Waals surface area (Å²) in [5, 5.41) is 9.50. The predicted octanol–water partition coefficient (Wildman–Crippen LogP) is 4.61. The van der Waals surface area contributed by atoms with Gasteiger partial charge in [-0.3, -0.25) is 9.79 Å². The zero-order chi connectivity index (χ0) is 17.3. The van der Waals surface area contributed by atoms with E-state index in [1.54, 1.807) is 24.3 Å². The fourth-order valence-corrected chi connectivity index (χ4v) is 3.19. The number of Topliss-reactive ketones (excluding diaryl/α,β-unsaturated/α-hetero) is 1. The molecule has 0 amide bonds. The first kappa shape index (κ1) is 16.4. The Bertz CT molecular complexity index is 874. The molecule has 0 aliphatic carbocycles. The maximum absolute atomic E-state index is 12.6. The number of benzene rings is 2. The minimum atomic E-state index is -0.235. The average Bonchev–Trinajstić information content (AvgIpc) is 2.55. The van der Waals surface area contributed by atoms with E-state index in [1.807, 2.05) is 18.2 Å². The van der Waals surface area contributed by atoms with Crippen molar-refractivity contribution in [1.29, 1.82) is 5.26 Å². The molecule has 0 bridgehead atoms. The molecule has 3 rings (SSSR count). The number of ketones is 1. The SMILES string of the molecule is CC1(C)Cc2ccc(Cl)cc2C(CC(=O)c2ccc(C#N)cc2)=N1. The molecule has 1 heterocycles. The largest absolute Gasteiger partial charge is 0.294 e. The van der Waals surface area contributed by atoms with Crippen molar-refractivity contribution < 1.29 is 4.79 Å². The monoisotopic (exact) mass is 336 g/mol. The molecule has 1 aliphatic heterocycles. The molecule has 120 valence electrons. The Labute approximate surface area is 146 Å². The number of nitriles is 1. The smallest absolute Gasteiger partial charge is 0.168 e. The van der Waals surface area contributed by atoms with Crippen LogP contribution >= 0.6 is 11.6 Å². The van der Waals surface area contributed by atoms with E-state index in [0.29, 0.717) is 16.1 Å². The Morgan fingerprint density at radius 3 is 2.62 bits per heavy atom. The van der Waals surface area contributed by atoms with E-state index in [4.69, 9.17) is 21.9 Å². The van der Waals surface area contributed by atoms with Crippen LogP contribution in [0.2, 0.25) is 5.02 Å². The summed E-state index contributed by atoms with van der Waals surface area (Å²) >= 11 is 6.13. The molecule has 0 atom stereocenters. The van der Waals surface area contributed by atoms with Crippen LogP contribution in [0.3, 0.4) is 0 Å². The molecule has 2 aromatic carbocycles. The third-order valence-corrected chi connectivity index (χ3v) is 4.34. The van der Waals surface area contributed by atoms with Gasteiger partial charge in [0.1, 0.15) is 0 Å². The second-order valence-electron chi connectivity index (χ2n) is 6.64. The van der Waals surface area contributed by atoms with Gasteiger partial charge in [0.25, 0.3) is 0 Å².